The number of ether oxygens (including phenoxy) is 2. The standard InChI is InChI=1S/C22H28N6O3/c1-27-9-7-19(26-27)20-13-16(14-21(25-20)28-10-8-23-15-28)22(29)24-17-3-5-18(6-4-17)31-12-11-30-2/h7-10,13-15,17-18H,3-6,11-12H2,1-2H3,(H,24,29)/t17-,18-. The minimum atomic E-state index is -0.107. The molecule has 1 N–H and O–H groups in total. The van der Waals surface area contributed by atoms with E-state index in [1.807, 2.05) is 19.3 Å². The Labute approximate surface area is 181 Å². The molecule has 9 heteroatoms. The molecule has 9 nitrogen and oxygen atoms in total. The number of aromatic nitrogens is 5. The average molecular weight is 425 g/mol. The number of rotatable bonds is 8. The number of imidazole rings is 1. The molecule has 1 aliphatic carbocycles. The molecule has 1 aliphatic rings. The molecule has 3 aromatic heterocycles. The summed E-state index contributed by atoms with van der Waals surface area (Å²) in [5, 5.41) is 7.62. The number of amides is 1. The lowest BCUT2D eigenvalue weighted by atomic mass is 9.92. The molecule has 1 fully saturated rings. The summed E-state index contributed by atoms with van der Waals surface area (Å²) in [5.41, 5.74) is 1.91. The molecule has 0 saturated heterocycles. The van der Waals surface area contributed by atoms with Gasteiger partial charge in [0.2, 0.25) is 0 Å². The van der Waals surface area contributed by atoms with Gasteiger partial charge >= 0.3 is 0 Å². The number of nitrogens with zero attached hydrogens (tertiary/aromatic N) is 5. The molecule has 0 radical (unpaired) electrons. The summed E-state index contributed by atoms with van der Waals surface area (Å²) in [5.74, 6) is 0.519. The van der Waals surface area contributed by atoms with Gasteiger partial charge in [-0.3, -0.25) is 14.0 Å². The zero-order valence-corrected chi connectivity index (χ0v) is 17.9. The van der Waals surface area contributed by atoms with Gasteiger partial charge in [0.25, 0.3) is 5.91 Å². The van der Waals surface area contributed by atoms with Crippen molar-refractivity contribution >= 4 is 5.91 Å². The third kappa shape index (κ3) is 5.36. The first-order chi connectivity index (χ1) is 15.1. The number of aryl methyl sites for hydroxylation is 1. The fourth-order valence-corrected chi connectivity index (χ4v) is 3.80. The van der Waals surface area contributed by atoms with Crippen molar-refractivity contribution in [1.29, 1.82) is 0 Å². The van der Waals surface area contributed by atoms with Gasteiger partial charge in [0.1, 0.15) is 17.8 Å². The molecule has 164 valence electrons. The smallest absolute Gasteiger partial charge is 0.251 e. The molecule has 0 aliphatic heterocycles. The first kappa shape index (κ1) is 21.2. The molecule has 3 aromatic rings. The quantitative estimate of drug-likeness (QED) is 0.558. The van der Waals surface area contributed by atoms with Crippen LogP contribution in [0.4, 0.5) is 0 Å². The fourth-order valence-electron chi connectivity index (χ4n) is 3.80. The van der Waals surface area contributed by atoms with E-state index >= 15 is 0 Å². The second kappa shape index (κ2) is 9.84. The number of carbonyl (C=O) groups excluding carboxylic acids is 1. The van der Waals surface area contributed by atoms with Crippen LogP contribution in [-0.2, 0) is 16.5 Å². The first-order valence-corrected chi connectivity index (χ1v) is 10.5. The maximum atomic E-state index is 13.1. The fraction of sp³-hybridized carbons (Fsp3) is 0.455. The van der Waals surface area contributed by atoms with Gasteiger partial charge in [0, 0.05) is 44.4 Å². The van der Waals surface area contributed by atoms with Gasteiger partial charge in [-0.25, -0.2) is 9.97 Å². The molecule has 0 atom stereocenters. The van der Waals surface area contributed by atoms with Crippen molar-refractivity contribution in [3.8, 4) is 17.2 Å². The maximum Gasteiger partial charge on any atom is 0.251 e. The Hall–Kier alpha value is -3.04. The van der Waals surface area contributed by atoms with Crippen LogP contribution in [0, 0.1) is 0 Å². The highest BCUT2D eigenvalue weighted by molar-refractivity contribution is 5.95. The van der Waals surface area contributed by atoms with Crippen molar-refractivity contribution in [2.75, 3.05) is 20.3 Å². The van der Waals surface area contributed by atoms with E-state index in [-0.39, 0.29) is 18.1 Å². The summed E-state index contributed by atoms with van der Waals surface area (Å²) >= 11 is 0. The summed E-state index contributed by atoms with van der Waals surface area (Å²) in [6, 6.07) is 5.59. The number of hydrogen-bond acceptors (Lipinski definition) is 6. The predicted molar refractivity (Wildman–Crippen MR) is 115 cm³/mol. The van der Waals surface area contributed by atoms with E-state index in [0.717, 1.165) is 25.7 Å². The summed E-state index contributed by atoms with van der Waals surface area (Å²) in [6.07, 6.45) is 10.9. The van der Waals surface area contributed by atoms with Crippen LogP contribution in [0.5, 0.6) is 0 Å². The Kier molecular flexibility index (Phi) is 6.73. The molecule has 0 aromatic carbocycles. The van der Waals surface area contributed by atoms with E-state index in [9.17, 15) is 4.79 Å². The average Bonchev–Trinajstić information content (AvgIpc) is 3.47. The second-order valence-electron chi connectivity index (χ2n) is 7.75. The summed E-state index contributed by atoms with van der Waals surface area (Å²) < 4.78 is 14.4. The van der Waals surface area contributed by atoms with Crippen LogP contribution in [-0.4, -0.2) is 62.7 Å². The molecule has 0 spiro atoms. The molecule has 0 bridgehead atoms. The van der Waals surface area contributed by atoms with Crippen LogP contribution in [0.2, 0.25) is 0 Å². The summed E-state index contributed by atoms with van der Waals surface area (Å²) in [6.45, 7) is 1.22. The lowest BCUT2D eigenvalue weighted by Crippen LogP contribution is -2.39. The number of pyridine rings is 1. The summed E-state index contributed by atoms with van der Waals surface area (Å²) in [7, 11) is 3.53. The molecule has 1 saturated carbocycles. The number of carbonyl (C=O) groups is 1. The molecular formula is C22H28N6O3. The SMILES string of the molecule is COCCO[C@H]1CC[C@H](NC(=O)c2cc(-c3ccn(C)n3)nc(-n3ccnc3)c2)CC1. The zero-order chi connectivity index (χ0) is 21.6. The maximum absolute atomic E-state index is 13.1. The Morgan fingerprint density at radius 1 is 1.16 bits per heavy atom. The van der Waals surface area contributed by atoms with Crippen molar-refractivity contribution in [2.24, 2.45) is 7.05 Å². The number of nitrogens with one attached hydrogen (secondary N) is 1. The van der Waals surface area contributed by atoms with Gasteiger partial charge in [0.05, 0.1) is 25.0 Å². The Balaban J connectivity index is 1.47. The largest absolute Gasteiger partial charge is 0.382 e. The van der Waals surface area contributed by atoms with Gasteiger partial charge in [-0.1, -0.05) is 0 Å². The minimum Gasteiger partial charge on any atom is -0.382 e. The van der Waals surface area contributed by atoms with Crippen molar-refractivity contribution < 1.29 is 14.3 Å². The van der Waals surface area contributed by atoms with Crippen LogP contribution in [0.25, 0.3) is 17.2 Å². The van der Waals surface area contributed by atoms with Gasteiger partial charge in [-0.15, -0.1) is 0 Å². The van der Waals surface area contributed by atoms with E-state index in [4.69, 9.17) is 9.47 Å². The van der Waals surface area contributed by atoms with E-state index < -0.39 is 0 Å². The minimum absolute atomic E-state index is 0.107. The highest BCUT2D eigenvalue weighted by Crippen LogP contribution is 2.23. The molecule has 4 rings (SSSR count). The van der Waals surface area contributed by atoms with Gasteiger partial charge in [-0.05, 0) is 43.9 Å². The summed E-state index contributed by atoms with van der Waals surface area (Å²) in [4.78, 5) is 21.8. The highest BCUT2D eigenvalue weighted by Gasteiger charge is 2.24. The van der Waals surface area contributed by atoms with Crippen LogP contribution in [0.3, 0.4) is 0 Å². The lowest BCUT2D eigenvalue weighted by Gasteiger charge is -2.29. The predicted octanol–water partition coefficient (Wildman–Crippen LogP) is 2.37. The zero-order valence-electron chi connectivity index (χ0n) is 17.9. The van der Waals surface area contributed by atoms with Crippen LogP contribution in [0.1, 0.15) is 36.0 Å². The van der Waals surface area contributed by atoms with Crippen molar-refractivity contribution in [2.45, 2.75) is 37.8 Å². The van der Waals surface area contributed by atoms with Gasteiger partial charge < -0.3 is 14.8 Å². The van der Waals surface area contributed by atoms with Crippen LogP contribution in [0.15, 0.2) is 43.1 Å². The Morgan fingerprint density at radius 2 is 2.00 bits per heavy atom. The van der Waals surface area contributed by atoms with Gasteiger partial charge in [0.15, 0.2) is 0 Å². The van der Waals surface area contributed by atoms with Crippen molar-refractivity contribution in [3.63, 3.8) is 0 Å². The Morgan fingerprint density at radius 3 is 2.68 bits per heavy atom. The van der Waals surface area contributed by atoms with E-state index in [1.54, 1.807) is 47.2 Å². The third-order valence-corrected chi connectivity index (χ3v) is 5.47. The van der Waals surface area contributed by atoms with Crippen LogP contribution >= 0.6 is 0 Å². The Bertz CT molecular complexity index is 993. The van der Waals surface area contributed by atoms with Crippen LogP contribution < -0.4 is 5.32 Å². The second-order valence-corrected chi connectivity index (χ2v) is 7.75. The van der Waals surface area contributed by atoms with E-state index in [0.29, 0.717) is 36.0 Å². The molecule has 3 heterocycles. The highest BCUT2D eigenvalue weighted by atomic mass is 16.5. The van der Waals surface area contributed by atoms with Crippen molar-refractivity contribution in [1.82, 2.24) is 29.6 Å². The van der Waals surface area contributed by atoms with Gasteiger partial charge in [-0.2, -0.15) is 5.10 Å². The normalized spacial score (nSPS) is 18.8. The topological polar surface area (TPSA) is 96.1 Å². The molecule has 1 amide bonds. The molecule has 31 heavy (non-hydrogen) atoms. The molecular weight excluding hydrogens is 396 g/mol. The number of methoxy groups -OCH3 is 1. The first-order valence-electron chi connectivity index (χ1n) is 10.5. The third-order valence-electron chi connectivity index (χ3n) is 5.47. The van der Waals surface area contributed by atoms with E-state index in [2.05, 4.69) is 20.4 Å². The van der Waals surface area contributed by atoms with E-state index in [1.165, 1.54) is 0 Å². The lowest BCUT2D eigenvalue weighted by molar-refractivity contribution is -0.00408. The molecule has 0 unspecified atom stereocenters. The number of hydrogen-bond donors (Lipinski definition) is 1. The monoisotopic (exact) mass is 424 g/mol. The van der Waals surface area contributed by atoms with Crippen molar-refractivity contribution in [3.05, 3.63) is 48.7 Å².